The molecule has 0 spiro atoms. The lowest BCUT2D eigenvalue weighted by Crippen LogP contribution is -2.34. The molecule has 0 fully saturated rings. The maximum Gasteiger partial charge on any atom is 0.319 e. The molecule has 0 aliphatic heterocycles. The highest BCUT2D eigenvalue weighted by Crippen LogP contribution is 1.84. The molecule has 0 rings (SSSR count). The van der Waals surface area contributed by atoms with Crippen molar-refractivity contribution in [2.24, 2.45) is 0 Å². The molecule has 8 heavy (non-hydrogen) atoms. The van der Waals surface area contributed by atoms with Gasteiger partial charge in [-0.15, -0.1) is 0 Å². The van der Waals surface area contributed by atoms with Crippen LogP contribution >= 0.6 is 12.6 Å². The van der Waals surface area contributed by atoms with E-state index in [0.29, 0.717) is 0 Å². The SMILES string of the molecule is O=C(O)C(CS)N[S-]. The zero-order valence-electron chi connectivity index (χ0n) is 4.00. The molecule has 48 valence electrons. The fraction of sp³-hybridized carbons (Fsp3) is 0.667. The van der Waals surface area contributed by atoms with Crippen LogP contribution in [0.5, 0.6) is 0 Å². The molecule has 0 amide bonds. The normalized spacial score (nSPS) is 13.2. The van der Waals surface area contributed by atoms with Gasteiger partial charge in [-0.1, -0.05) is 0 Å². The molecule has 0 radical (unpaired) electrons. The van der Waals surface area contributed by atoms with Crippen LogP contribution in [0.25, 0.3) is 0 Å². The molecule has 5 heteroatoms. The summed E-state index contributed by atoms with van der Waals surface area (Å²) in [5.41, 5.74) is 0. The Bertz CT molecular complexity index is 83.4. The summed E-state index contributed by atoms with van der Waals surface area (Å²) in [7, 11) is 0. The van der Waals surface area contributed by atoms with Crippen LogP contribution in [-0.4, -0.2) is 22.9 Å². The van der Waals surface area contributed by atoms with Crippen molar-refractivity contribution in [2.75, 3.05) is 5.75 Å². The number of aliphatic carboxylic acids is 1. The third kappa shape index (κ3) is 2.44. The number of carboxylic acids is 1. The molecule has 0 aromatic rings. The molecular formula is C3H6NO2S2-. The summed E-state index contributed by atoms with van der Waals surface area (Å²) in [6.07, 6.45) is 0. The summed E-state index contributed by atoms with van der Waals surface area (Å²) in [5.74, 6) is -0.742. The Labute approximate surface area is 58.4 Å². The first-order valence-corrected chi connectivity index (χ1v) is 2.97. The Hall–Kier alpha value is 0.130. The standard InChI is InChI=1S/C3H6NO2S2/c5-3(6)2(1-7)4-8/h2,4,7H,1H2,(H,5,6)/q-1. The van der Waals surface area contributed by atoms with Gasteiger partial charge in [0.05, 0.1) is 6.04 Å². The van der Waals surface area contributed by atoms with Gasteiger partial charge in [0.25, 0.3) is 0 Å². The Morgan fingerprint density at radius 1 is 2.00 bits per heavy atom. The van der Waals surface area contributed by atoms with Gasteiger partial charge in [0, 0.05) is 5.75 Å². The minimum absolute atomic E-state index is 0.221. The zero-order valence-corrected chi connectivity index (χ0v) is 5.71. The fourth-order valence-corrected chi connectivity index (χ4v) is 0.721. The van der Waals surface area contributed by atoms with Gasteiger partial charge in [-0.2, -0.15) is 12.6 Å². The minimum atomic E-state index is -0.963. The van der Waals surface area contributed by atoms with Crippen LogP contribution in [-0.2, 0) is 17.6 Å². The summed E-state index contributed by atoms with van der Waals surface area (Å²) in [6.45, 7) is 0. The molecule has 0 saturated carbocycles. The van der Waals surface area contributed by atoms with E-state index in [1.54, 1.807) is 0 Å². The van der Waals surface area contributed by atoms with Gasteiger partial charge in [-0.05, 0) is 0 Å². The first-order valence-electron chi connectivity index (χ1n) is 1.93. The summed E-state index contributed by atoms with van der Waals surface area (Å²) < 4.78 is 2.16. The molecule has 0 bridgehead atoms. The zero-order chi connectivity index (χ0) is 6.57. The number of thiol groups is 1. The lowest BCUT2D eigenvalue weighted by atomic mass is 10.4. The van der Waals surface area contributed by atoms with Gasteiger partial charge in [0.1, 0.15) is 0 Å². The maximum atomic E-state index is 9.98. The van der Waals surface area contributed by atoms with Crippen molar-refractivity contribution < 1.29 is 9.90 Å². The Morgan fingerprint density at radius 3 is 2.50 bits per heavy atom. The molecule has 2 N–H and O–H groups in total. The van der Waals surface area contributed by atoms with Crippen LogP contribution in [0.3, 0.4) is 0 Å². The molecule has 0 aliphatic rings. The van der Waals surface area contributed by atoms with Crippen molar-refractivity contribution in [3.63, 3.8) is 0 Å². The predicted octanol–water partition coefficient (Wildman–Crippen LogP) is -0.579. The number of carboxylic acid groups (broad SMARTS) is 1. The van der Waals surface area contributed by atoms with E-state index < -0.39 is 12.0 Å². The first-order chi connectivity index (χ1) is 3.72. The number of nitrogens with one attached hydrogen (secondary N) is 1. The Kier molecular flexibility index (Phi) is 4.12. The van der Waals surface area contributed by atoms with Gasteiger partial charge in [-0.3, -0.25) is 4.79 Å². The first kappa shape index (κ1) is 8.13. The highest BCUT2D eigenvalue weighted by molar-refractivity contribution is 7.80. The van der Waals surface area contributed by atoms with E-state index in [9.17, 15) is 4.79 Å². The van der Waals surface area contributed by atoms with Gasteiger partial charge < -0.3 is 22.6 Å². The van der Waals surface area contributed by atoms with Gasteiger partial charge in [-0.25, -0.2) is 0 Å². The summed E-state index contributed by atoms with van der Waals surface area (Å²) in [5, 5.41) is 8.20. The Balaban J connectivity index is 3.52. The lowest BCUT2D eigenvalue weighted by Gasteiger charge is -2.14. The van der Waals surface area contributed by atoms with E-state index in [0.717, 1.165) is 0 Å². The van der Waals surface area contributed by atoms with Gasteiger partial charge >= 0.3 is 5.97 Å². The van der Waals surface area contributed by atoms with E-state index in [1.165, 1.54) is 0 Å². The molecule has 0 aromatic carbocycles. The van der Waals surface area contributed by atoms with Crippen molar-refractivity contribution in [2.45, 2.75) is 6.04 Å². The van der Waals surface area contributed by atoms with E-state index in [1.807, 2.05) is 0 Å². The van der Waals surface area contributed by atoms with Gasteiger partial charge in [0.15, 0.2) is 0 Å². The number of hydrogen-bond donors (Lipinski definition) is 3. The summed E-state index contributed by atoms with van der Waals surface area (Å²) >= 11 is 7.99. The van der Waals surface area contributed by atoms with Crippen LogP contribution in [0, 0.1) is 0 Å². The van der Waals surface area contributed by atoms with E-state index in [4.69, 9.17) is 5.11 Å². The van der Waals surface area contributed by atoms with Crippen molar-refractivity contribution >= 4 is 31.4 Å². The summed E-state index contributed by atoms with van der Waals surface area (Å²) in [4.78, 5) is 9.98. The molecular weight excluding hydrogens is 146 g/mol. The van der Waals surface area contributed by atoms with Crippen LogP contribution in [0.15, 0.2) is 0 Å². The quantitative estimate of drug-likeness (QED) is 0.374. The molecule has 0 aliphatic carbocycles. The number of hydrogen-bond acceptors (Lipinski definition) is 4. The average Bonchev–Trinajstić information content (AvgIpc) is 1.69. The van der Waals surface area contributed by atoms with Crippen LogP contribution in [0.4, 0.5) is 0 Å². The van der Waals surface area contributed by atoms with E-state index in [-0.39, 0.29) is 5.75 Å². The fourth-order valence-electron chi connectivity index (χ4n) is 0.166. The highest BCUT2D eigenvalue weighted by Gasteiger charge is 2.07. The smallest absolute Gasteiger partial charge is 0.319 e. The number of rotatable bonds is 3. The van der Waals surface area contributed by atoms with Crippen LogP contribution < -0.4 is 4.72 Å². The predicted molar refractivity (Wildman–Crippen MR) is 35.8 cm³/mol. The molecule has 0 heterocycles. The van der Waals surface area contributed by atoms with Crippen molar-refractivity contribution in [3.8, 4) is 0 Å². The Morgan fingerprint density at radius 2 is 2.50 bits per heavy atom. The second-order valence-electron chi connectivity index (χ2n) is 1.19. The van der Waals surface area contributed by atoms with E-state index >= 15 is 0 Å². The molecule has 1 atom stereocenters. The highest BCUT2D eigenvalue weighted by atomic mass is 32.1. The molecule has 1 unspecified atom stereocenters. The maximum absolute atomic E-state index is 9.98. The average molecular weight is 152 g/mol. The molecule has 0 aromatic heterocycles. The number of carbonyl (C=O) groups is 1. The van der Waals surface area contributed by atoms with E-state index in [2.05, 4.69) is 30.2 Å². The summed E-state index contributed by atoms with van der Waals surface area (Å²) in [6, 6.07) is -0.701. The topological polar surface area (TPSA) is 49.3 Å². The molecule has 0 saturated heterocycles. The third-order valence-corrected chi connectivity index (χ3v) is 1.27. The second kappa shape index (κ2) is 4.05. The lowest BCUT2D eigenvalue weighted by molar-refractivity contribution is -0.138. The van der Waals surface area contributed by atoms with Crippen molar-refractivity contribution in [3.05, 3.63) is 0 Å². The van der Waals surface area contributed by atoms with Crippen molar-refractivity contribution in [1.29, 1.82) is 0 Å². The largest absolute Gasteiger partial charge is 0.704 e. The van der Waals surface area contributed by atoms with Crippen LogP contribution in [0.1, 0.15) is 0 Å². The third-order valence-electron chi connectivity index (χ3n) is 0.623. The van der Waals surface area contributed by atoms with Gasteiger partial charge in [0.2, 0.25) is 0 Å². The van der Waals surface area contributed by atoms with Crippen molar-refractivity contribution in [1.82, 2.24) is 4.72 Å². The minimum Gasteiger partial charge on any atom is -0.704 e. The molecule has 3 nitrogen and oxygen atoms in total. The van der Waals surface area contributed by atoms with Crippen LogP contribution in [0.2, 0.25) is 0 Å². The second-order valence-corrected chi connectivity index (χ2v) is 1.79. The monoisotopic (exact) mass is 152 g/mol.